The summed E-state index contributed by atoms with van der Waals surface area (Å²) in [5.74, 6) is 0.973. The van der Waals surface area contributed by atoms with Crippen molar-refractivity contribution in [3.8, 4) is 11.4 Å². The van der Waals surface area contributed by atoms with Crippen molar-refractivity contribution in [2.45, 2.75) is 19.4 Å². The van der Waals surface area contributed by atoms with Crippen molar-refractivity contribution in [3.63, 3.8) is 0 Å². The molecule has 0 unspecified atom stereocenters. The molecule has 0 radical (unpaired) electrons. The van der Waals surface area contributed by atoms with E-state index in [0.717, 1.165) is 30.9 Å². The Morgan fingerprint density at radius 1 is 1.08 bits per heavy atom. The molecule has 0 fully saturated rings. The number of anilines is 1. The molecule has 2 aromatic carbocycles. The summed E-state index contributed by atoms with van der Waals surface area (Å²) in [6.45, 7) is 1.96. The van der Waals surface area contributed by atoms with Gasteiger partial charge < -0.3 is 9.64 Å². The topological polar surface area (TPSA) is 30.3 Å². The molecular formula is C20H21N3O. The maximum atomic E-state index is 5.60. The van der Waals surface area contributed by atoms with Crippen molar-refractivity contribution < 1.29 is 4.74 Å². The molecule has 0 spiro atoms. The fourth-order valence-corrected chi connectivity index (χ4v) is 3.42. The summed E-state index contributed by atoms with van der Waals surface area (Å²) in [4.78, 5) is 2.43. The molecule has 0 saturated carbocycles. The molecule has 1 aliphatic rings. The van der Waals surface area contributed by atoms with Crippen molar-refractivity contribution in [3.05, 3.63) is 72.1 Å². The molecule has 0 aliphatic carbocycles. The lowest BCUT2D eigenvalue weighted by atomic mass is 10.00. The Balaban J connectivity index is 1.59. The monoisotopic (exact) mass is 319 g/mol. The summed E-state index contributed by atoms with van der Waals surface area (Å²) in [5.41, 5.74) is 5.02. The van der Waals surface area contributed by atoms with Gasteiger partial charge in [-0.25, -0.2) is 4.68 Å². The van der Waals surface area contributed by atoms with Gasteiger partial charge in [0.1, 0.15) is 5.75 Å². The Bertz CT molecular complexity index is 795. The number of fused-ring (bicyclic) bond motifs is 1. The van der Waals surface area contributed by atoms with E-state index in [2.05, 4.69) is 52.5 Å². The summed E-state index contributed by atoms with van der Waals surface area (Å²) in [7, 11) is 1.75. The van der Waals surface area contributed by atoms with Crippen LogP contribution in [-0.2, 0) is 13.0 Å². The van der Waals surface area contributed by atoms with Crippen LogP contribution in [0.25, 0.3) is 5.69 Å². The van der Waals surface area contributed by atoms with Crippen LogP contribution in [-0.4, -0.2) is 23.4 Å². The number of hydrogen-bond acceptors (Lipinski definition) is 3. The SMILES string of the molecule is COc1cccc2c1N(Cc1ccc(-n3cccn3)cc1)CCC2. The molecule has 122 valence electrons. The van der Waals surface area contributed by atoms with Gasteiger partial charge in [0.15, 0.2) is 0 Å². The van der Waals surface area contributed by atoms with Crippen LogP contribution in [0.1, 0.15) is 17.5 Å². The van der Waals surface area contributed by atoms with Crippen LogP contribution in [0, 0.1) is 0 Å². The standard InChI is InChI=1S/C20H21N3O/c1-24-19-7-2-5-17-6-3-13-22(20(17)19)15-16-8-10-18(11-9-16)23-14-4-12-21-23/h2,4-5,7-12,14H,3,6,13,15H2,1H3. The third kappa shape index (κ3) is 2.75. The van der Waals surface area contributed by atoms with Crippen molar-refractivity contribution in [2.75, 3.05) is 18.6 Å². The first-order valence-corrected chi connectivity index (χ1v) is 8.35. The van der Waals surface area contributed by atoms with Crippen LogP contribution >= 0.6 is 0 Å². The van der Waals surface area contributed by atoms with Crippen molar-refractivity contribution >= 4 is 5.69 Å². The largest absolute Gasteiger partial charge is 0.495 e. The number of rotatable bonds is 4. The zero-order chi connectivity index (χ0) is 16.4. The number of hydrogen-bond donors (Lipinski definition) is 0. The highest BCUT2D eigenvalue weighted by molar-refractivity contribution is 5.65. The van der Waals surface area contributed by atoms with Gasteiger partial charge in [-0.1, -0.05) is 24.3 Å². The summed E-state index contributed by atoms with van der Waals surface area (Å²) in [6, 6.07) is 16.9. The summed E-state index contributed by atoms with van der Waals surface area (Å²) < 4.78 is 7.47. The van der Waals surface area contributed by atoms with E-state index < -0.39 is 0 Å². The van der Waals surface area contributed by atoms with Gasteiger partial charge in [-0.05, 0) is 48.2 Å². The van der Waals surface area contributed by atoms with E-state index in [0.29, 0.717) is 0 Å². The Morgan fingerprint density at radius 3 is 2.71 bits per heavy atom. The molecule has 0 atom stereocenters. The molecule has 4 heteroatoms. The van der Waals surface area contributed by atoms with E-state index in [4.69, 9.17) is 4.74 Å². The molecule has 0 N–H and O–H groups in total. The van der Waals surface area contributed by atoms with Gasteiger partial charge in [-0.15, -0.1) is 0 Å². The van der Waals surface area contributed by atoms with Crippen LogP contribution in [0.15, 0.2) is 60.9 Å². The molecule has 4 rings (SSSR count). The Labute approximate surface area is 142 Å². The first kappa shape index (κ1) is 14.8. The number of aromatic nitrogens is 2. The Hall–Kier alpha value is -2.75. The van der Waals surface area contributed by atoms with E-state index in [-0.39, 0.29) is 0 Å². The molecule has 0 amide bonds. The van der Waals surface area contributed by atoms with Gasteiger partial charge >= 0.3 is 0 Å². The third-order valence-electron chi connectivity index (χ3n) is 4.57. The van der Waals surface area contributed by atoms with E-state index in [9.17, 15) is 0 Å². The predicted molar refractivity (Wildman–Crippen MR) is 95.9 cm³/mol. The number of ether oxygens (including phenoxy) is 1. The molecule has 1 aromatic heterocycles. The van der Waals surface area contributed by atoms with Gasteiger partial charge in [0.05, 0.1) is 18.5 Å². The van der Waals surface area contributed by atoms with Crippen LogP contribution < -0.4 is 9.64 Å². The third-order valence-corrected chi connectivity index (χ3v) is 4.57. The second-order valence-electron chi connectivity index (χ2n) is 6.11. The second-order valence-corrected chi connectivity index (χ2v) is 6.11. The maximum absolute atomic E-state index is 5.60. The Kier molecular flexibility index (Phi) is 3.95. The highest BCUT2D eigenvalue weighted by Crippen LogP contribution is 2.36. The first-order valence-electron chi connectivity index (χ1n) is 8.35. The highest BCUT2D eigenvalue weighted by atomic mass is 16.5. The maximum Gasteiger partial charge on any atom is 0.142 e. The average molecular weight is 319 g/mol. The average Bonchev–Trinajstić information content (AvgIpc) is 3.17. The minimum atomic E-state index is 0.896. The lowest BCUT2D eigenvalue weighted by Gasteiger charge is -2.32. The fourth-order valence-electron chi connectivity index (χ4n) is 3.42. The molecule has 0 saturated heterocycles. The van der Waals surface area contributed by atoms with Gasteiger partial charge in [-0.3, -0.25) is 0 Å². The molecule has 24 heavy (non-hydrogen) atoms. The molecule has 3 aromatic rings. The minimum absolute atomic E-state index is 0.896. The zero-order valence-electron chi connectivity index (χ0n) is 13.9. The summed E-state index contributed by atoms with van der Waals surface area (Å²) in [5, 5.41) is 4.27. The lowest BCUT2D eigenvalue weighted by Crippen LogP contribution is -2.29. The fraction of sp³-hybridized carbons (Fsp3) is 0.250. The van der Waals surface area contributed by atoms with E-state index >= 15 is 0 Å². The second kappa shape index (κ2) is 6.40. The lowest BCUT2D eigenvalue weighted by molar-refractivity contribution is 0.412. The van der Waals surface area contributed by atoms with Crippen molar-refractivity contribution in [2.24, 2.45) is 0 Å². The summed E-state index contributed by atoms with van der Waals surface area (Å²) >= 11 is 0. The number of para-hydroxylation sites is 1. The normalized spacial score (nSPS) is 13.6. The highest BCUT2D eigenvalue weighted by Gasteiger charge is 2.20. The minimum Gasteiger partial charge on any atom is -0.495 e. The van der Waals surface area contributed by atoms with E-state index in [1.165, 1.54) is 23.2 Å². The molecule has 1 aliphatic heterocycles. The number of aryl methyl sites for hydroxylation is 1. The summed E-state index contributed by atoms with van der Waals surface area (Å²) in [6.07, 6.45) is 6.07. The van der Waals surface area contributed by atoms with Crippen LogP contribution in [0.3, 0.4) is 0 Å². The smallest absolute Gasteiger partial charge is 0.142 e. The zero-order valence-corrected chi connectivity index (χ0v) is 13.9. The molecular weight excluding hydrogens is 298 g/mol. The van der Waals surface area contributed by atoms with Crippen molar-refractivity contribution in [1.82, 2.24) is 9.78 Å². The van der Waals surface area contributed by atoms with E-state index in [1.807, 2.05) is 16.9 Å². The molecule has 0 bridgehead atoms. The van der Waals surface area contributed by atoms with Gasteiger partial charge in [0, 0.05) is 25.5 Å². The Morgan fingerprint density at radius 2 is 1.96 bits per heavy atom. The quantitative estimate of drug-likeness (QED) is 0.732. The molecule has 2 heterocycles. The van der Waals surface area contributed by atoms with Gasteiger partial charge in [0.2, 0.25) is 0 Å². The van der Waals surface area contributed by atoms with Gasteiger partial charge in [-0.2, -0.15) is 5.10 Å². The number of methoxy groups -OCH3 is 1. The first-order chi connectivity index (χ1) is 11.8. The predicted octanol–water partition coefficient (Wildman–Crippen LogP) is 3.83. The van der Waals surface area contributed by atoms with Crippen LogP contribution in [0.2, 0.25) is 0 Å². The number of benzene rings is 2. The number of nitrogens with zero attached hydrogens (tertiary/aromatic N) is 3. The van der Waals surface area contributed by atoms with Gasteiger partial charge in [0.25, 0.3) is 0 Å². The van der Waals surface area contributed by atoms with E-state index in [1.54, 1.807) is 13.3 Å². The van der Waals surface area contributed by atoms with Crippen LogP contribution in [0.5, 0.6) is 5.75 Å². The molecule has 4 nitrogen and oxygen atoms in total. The van der Waals surface area contributed by atoms with Crippen LogP contribution in [0.4, 0.5) is 5.69 Å². The van der Waals surface area contributed by atoms with Crippen molar-refractivity contribution in [1.29, 1.82) is 0 Å².